The minimum Gasteiger partial charge on any atom is -0.504 e. The molecule has 0 bridgehead atoms. The highest BCUT2D eigenvalue weighted by Crippen LogP contribution is 2.33. The summed E-state index contributed by atoms with van der Waals surface area (Å²) in [6.07, 6.45) is -11.5. The van der Waals surface area contributed by atoms with Crippen LogP contribution in [0.25, 0.3) is 12.2 Å². The molecule has 0 aliphatic carbocycles. The number of phenols is 6. The van der Waals surface area contributed by atoms with Gasteiger partial charge in [-0.15, -0.1) is 0 Å². The van der Waals surface area contributed by atoms with Crippen molar-refractivity contribution < 1.29 is 89.1 Å². The van der Waals surface area contributed by atoms with Crippen molar-refractivity contribution in [3.8, 4) is 34.5 Å². The SMILES string of the molecule is C[C@@H]1O[C@@H](O[C@@H]2[C@@H](O)[C@H](OCCc3ccc(O)c(O)c3)O[C@H](CO)[C@H]2OC(=O)/C=C/c2ccc(O)c(O)c2)[C@H](O)[C@H](O)[C@H]1OC(=O)/C=C/c1ccc(O)c(O)c1. The van der Waals surface area contributed by atoms with E-state index in [1.807, 2.05) is 0 Å². The molecule has 0 amide bonds. The van der Waals surface area contributed by atoms with E-state index in [9.17, 15) is 60.7 Å². The summed E-state index contributed by atoms with van der Waals surface area (Å²) in [4.78, 5) is 25.7. The van der Waals surface area contributed by atoms with E-state index in [0.717, 1.165) is 12.2 Å². The van der Waals surface area contributed by atoms with Crippen molar-refractivity contribution >= 4 is 24.1 Å². The van der Waals surface area contributed by atoms with Crippen LogP contribution in [0.1, 0.15) is 23.6 Å². The van der Waals surface area contributed by atoms with Crippen molar-refractivity contribution in [2.75, 3.05) is 13.2 Å². The predicted octanol–water partition coefficient (Wildman–Crippen LogP) is 0.660. The minimum atomic E-state index is -1.93. The zero-order chi connectivity index (χ0) is 40.7. The molecule has 2 fully saturated rings. The molecule has 2 heterocycles. The largest absolute Gasteiger partial charge is 0.504 e. The van der Waals surface area contributed by atoms with Crippen molar-refractivity contribution in [3.05, 3.63) is 83.4 Å². The van der Waals surface area contributed by atoms with Crippen LogP contribution in [-0.4, -0.2) is 138 Å². The average Bonchev–Trinajstić information content (AvgIpc) is 3.16. The van der Waals surface area contributed by atoms with E-state index < -0.39 is 91.5 Å². The number of carbonyl (C=O) groups is 2. The van der Waals surface area contributed by atoms with Gasteiger partial charge in [0.1, 0.15) is 30.5 Å². The Balaban J connectivity index is 1.31. The molecule has 0 unspecified atom stereocenters. The Bertz CT molecular complexity index is 1900. The summed E-state index contributed by atoms with van der Waals surface area (Å²) >= 11 is 0. The molecule has 5 rings (SSSR count). The highest BCUT2D eigenvalue weighted by Gasteiger charge is 2.53. The number of hydrogen-bond donors (Lipinski definition) is 10. The van der Waals surface area contributed by atoms with Crippen molar-refractivity contribution in [2.24, 2.45) is 0 Å². The topological polar surface area (TPSA) is 292 Å². The first kappa shape index (κ1) is 41.7. The third-order valence-corrected chi connectivity index (χ3v) is 8.90. The maximum Gasteiger partial charge on any atom is 0.331 e. The van der Waals surface area contributed by atoms with E-state index >= 15 is 0 Å². The fourth-order valence-corrected chi connectivity index (χ4v) is 5.89. The molecule has 3 aromatic rings. The molecule has 0 radical (unpaired) electrons. The number of rotatable bonds is 13. The molecule has 302 valence electrons. The van der Waals surface area contributed by atoms with Crippen LogP contribution in [-0.2, 0) is 44.4 Å². The number of benzene rings is 3. The first-order valence-corrected chi connectivity index (χ1v) is 17.2. The zero-order valence-electron chi connectivity index (χ0n) is 29.6. The Kier molecular flexibility index (Phi) is 13.8. The highest BCUT2D eigenvalue weighted by molar-refractivity contribution is 5.88. The van der Waals surface area contributed by atoms with Gasteiger partial charge in [0.2, 0.25) is 0 Å². The number of hydrogen-bond acceptors (Lipinski definition) is 18. The van der Waals surface area contributed by atoms with Gasteiger partial charge in [0.25, 0.3) is 0 Å². The summed E-state index contributed by atoms with van der Waals surface area (Å²) in [6.45, 7) is 0.476. The maximum atomic E-state index is 13.0. The van der Waals surface area contributed by atoms with Crippen LogP contribution in [0.2, 0.25) is 0 Å². The molecular weight excluding hydrogens is 744 g/mol. The van der Waals surface area contributed by atoms with Crippen LogP contribution in [0, 0.1) is 0 Å². The van der Waals surface area contributed by atoms with E-state index in [-0.39, 0.29) is 36.0 Å². The number of ether oxygens (including phenoxy) is 6. The van der Waals surface area contributed by atoms with Gasteiger partial charge in [-0.25, -0.2) is 9.59 Å². The van der Waals surface area contributed by atoms with Crippen molar-refractivity contribution in [1.29, 1.82) is 0 Å². The molecule has 2 saturated heterocycles. The van der Waals surface area contributed by atoms with Gasteiger partial charge < -0.3 is 79.5 Å². The Hall–Kier alpha value is -5.44. The van der Waals surface area contributed by atoms with Gasteiger partial charge in [-0.1, -0.05) is 18.2 Å². The summed E-state index contributed by atoms with van der Waals surface area (Å²) in [5, 5.41) is 102. The van der Waals surface area contributed by atoms with Crippen LogP contribution in [0.15, 0.2) is 66.7 Å². The Labute approximate surface area is 318 Å². The number of aromatic hydroxyl groups is 6. The standard InChI is InChI=1S/C38H42O18/c1-18-34(54-29(46)10-5-19-2-7-22(40)25(43)14-19)31(48)32(49)38(52-18)56-36-33(50)37(51-13-12-21-4-9-24(42)27(45)16-21)53-28(17-39)35(36)55-30(47)11-6-20-3-8-23(41)26(44)15-20/h2-11,14-16,18,28,31-45,48-50H,12-13,17H2,1H3/b10-5+,11-6+/t18-,28+,31-,32+,33+,34-,35+,36+,37+,38-/m0/s1. The fourth-order valence-electron chi connectivity index (χ4n) is 5.89. The quantitative estimate of drug-likeness (QED) is 0.0647. The van der Waals surface area contributed by atoms with Crippen LogP contribution in [0.5, 0.6) is 34.5 Å². The highest BCUT2D eigenvalue weighted by atomic mass is 16.7. The van der Waals surface area contributed by atoms with Crippen LogP contribution in [0.4, 0.5) is 0 Å². The monoisotopic (exact) mass is 786 g/mol. The molecule has 0 spiro atoms. The van der Waals surface area contributed by atoms with Gasteiger partial charge >= 0.3 is 11.9 Å². The minimum absolute atomic E-state index is 0.128. The van der Waals surface area contributed by atoms with Crippen molar-refractivity contribution in [1.82, 2.24) is 0 Å². The van der Waals surface area contributed by atoms with E-state index in [0.29, 0.717) is 16.7 Å². The summed E-state index contributed by atoms with van der Waals surface area (Å²) in [7, 11) is 0. The molecule has 2 aliphatic rings. The van der Waals surface area contributed by atoms with Crippen molar-refractivity contribution in [3.63, 3.8) is 0 Å². The van der Waals surface area contributed by atoms with Crippen molar-refractivity contribution in [2.45, 2.75) is 74.8 Å². The molecule has 2 aliphatic heterocycles. The van der Waals surface area contributed by atoms with Crippen LogP contribution >= 0.6 is 0 Å². The fraction of sp³-hybridized carbons (Fsp3) is 0.368. The number of phenolic OH excluding ortho intramolecular Hbond substituents is 6. The Morgan fingerprint density at radius 3 is 1.71 bits per heavy atom. The summed E-state index contributed by atoms with van der Waals surface area (Å²) in [6, 6.07) is 11.7. The third kappa shape index (κ3) is 10.2. The van der Waals surface area contributed by atoms with E-state index in [4.69, 9.17) is 28.4 Å². The Morgan fingerprint density at radius 2 is 1.18 bits per heavy atom. The van der Waals surface area contributed by atoms with E-state index in [2.05, 4.69) is 0 Å². The molecular formula is C38H42O18. The van der Waals surface area contributed by atoms with Gasteiger partial charge in [0.15, 0.2) is 59.3 Å². The average molecular weight is 787 g/mol. The second-order valence-corrected chi connectivity index (χ2v) is 12.9. The lowest BCUT2D eigenvalue weighted by molar-refractivity contribution is -0.357. The normalized spacial score (nSPS) is 28.0. The van der Waals surface area contributed by atoms with Gasteiger partial charge in [-0.3, -0.25) is 0 Å². The van der Waals surface area contributed by atoms with Crippen LogP contribution < -0.4 is 0 Å². The summed E-state index contributed by atoms with van der Waals surface area (Å²) < 4.78 is 34.1. The molecule has 10 atom stereocenters. The van der Waals surface area contributed by atoms with E-state index in [1.54, 1.807) is 0 Å². The molecule has 18 heteroatoms. The van der Waals surface area contributed by atoms with Gasteiger partial charge in [-0.2, -0.15) is 0 Å². The number of carbonyl (C=O) groups excluding carboxylic acids is 2. The number of esters is 2. The predicted molar refractivity (Wildman–Crippen MR) is 190 cm³/mol. The summed E-state index contributed by atoms with van der Waals surface area (Å²) in [5.41, 5.74) is 1.18. The Morgan fingerprint density at radius 1 is 0.643 bits per heavy atom. The zero-order valence-corrected chi connectivity index (χ0v) is 29.6. The second-order valence-electron chi connectivity index (χ2n) is 12.9. The van der Waals surface area contributed by atoms with Gasteiger partial charge in [0.05, 0.1) is 19.3 Å². The molecule has 10 N–H and O–H groups in total. The summed E-state index contributed by atoms with van der Waals surface area (Å²) in [5.74, 6) is -4.30. The first-order chi connectivity index (χ1) is 26.6. The van der Waals surface area contributed by atoms with E-state index in [1.165, 1.54) is 73.7 Å². The first-order valence-electron chi connectivity index (χ1n) is 17.2. The molecule has 56 heavy (non-hydrogen) atoms. The number of aliphatic hydroxyl groups excluding tert-OH is 4. The molecule has 0 aromatic heterocycles. The van der Waals surface area contributed by atoms with Crippen LogP contribution in [0.3, 0.4) is 0 Å². The third-order valence-electron chi connectivity index (χ3n) is 8.90. The lowest BCUT2D eigenvalue weighted by Crippen LogP contribution is -2.65. The molecule has 3 aromatic carbocycles. The molecule has 18 nitrogen and oxygen atoms in total. The maximum absolute atomic E-state index is 13.0. The van der Waals surface area contributed by atoms with Gasteiger partial charge in [0, 0.05) is 12.2 Å². The second kappa shape index (κ2) is 18.5. The smallest absolute Gasteiger partial charge is 0.331 e. The lowest BCUT2D eigenvalue weighted by Gasteiger charge is -2.46. The van der Waals surface area contributed by atoms with Gasteiger partial charge in [-0.05, 0) is 78.6 Å². The number of aliphatic hydroxyl groups is 4. The molecule has 0 saturated carbocycles. The lowest BCUT2D eigenvalue weighted by atomic mass is 9.96.